The smallest absolute Gasteiger partial charge is 0.253 e. The first kappa shape index (κ1) is 14.0. The summed E-state index contributed by atoms with van der Waals surface area (Å²) in [4.78, 5) is 14.1. The van der Waals surface area contributed by atoms with Crippen LogP contribution < -0.4 is 5.32 Å². The minimum absolute atomic E-state index is 0. The van der Waals surface area contributed by atoms with Crippen LogP contribution >= 0.6 is 12.4 Å². The van der Waals surface area contributed by atoms with Crippen molar-refractivity contribution in [3.63, 3.8) is 0 Å². The molecule has 0 radical (unpaired) electrons. The molecule has 1 heterocycles. The quantitative estimate of drug-likeness (QED) is 0.829. The summed E-state index contributed by atoms with van der Waals surface area (Å²) in [5, 5.41) is 3.25. The SMILES string of the molecule is Cc1ccc(C(=O)N2CCNCC2)cc1C.Cl. The molecule has 1 aliphatic rings. The van der Waals surface area contributed by atoms with Crippen LogP contribution in [0.25, 0.3) is 0 Å². The maximum Gasteiger partial charge on any atom is 0.253 e. The average Bonchev–Trinajstić information content (AvgIpc) is 2.33. The molecule has 0 atom stereocenters. The van der Waals surface area contributed by atoms with E-state index < -0.39 is 0 Å². The van der Waals surface area contributed by atoms with Crippen LogP contribution in [0.1, 0.15) is 21.5 Å². The molecule has 1 fully saturated rings. The highest BCUT2D eigenvalue weighted by Crippen LogP contribution is 2.12. The monoisotopic (exact) mass is 254 g/mol. The topological polar surface area (TPSA) is 32.3 Å². The van der Waals surface area contributed by atoms with E-state index >= 15 is 0 Å². The van der Waals surface area contributed by atoms with E-state index in [1.54, 1.807) is 0 Å². The minimum atomic E-state index is 0. The van der Waals surface area contributed by atoms with Crippen LogP contribution in [0, 0.1) is 13.8 Å². The van der Waals surface area contributed by atoms with Gasteiger partial charge >= 0.3 is 0 Å². The molecule has 0 aromatic heterocycles. The third kappa shape index (κ3) is 3.20. The average molecular weight is 255 g/mol. The Morgan fingerprint density at radius 2 is 1.82 bits per heavy atom. The molecule has 1 aromatic carbocycles. The molecule has 1 amide bonds. The highest BCUT2D eigenvalue weighted by atomic mass is 35.5. The van der Waals surface area contributed by atoms with Crippen molar-refractivity contribution in [3.05, 3.63) is 34.9 Å². The van der Waals surface area contributed by atoms with Crippen molar-refractivity contribution in [2.75, 3.05) is 26.2 Å². The third-order valence-electron chi connectivity index (χ3n) is 3.16. The Kier molecular flexibility index (Phi) is 4.97. The summed E-state index contributed by atoms with van der Waals surface area (Å²) in [6, 6.07) is 5.93. The number of nitrogens with zero attached hydrogens (tertiary/aromatic N) is 1. The van der Waals surface area contributed by atoms with E-state index in [-0.39, 0.29) is 18.3 Å². The first-order chi connectivity index (χ1) is 7.68. The molecule has 0 bridgehead atoms. The van der Waals surface area contributed by atoms with Gasteiger partial charge in [-0.1, -0.05) is 6.07 Å². The lowest BCUT2D eigenvalue weighted by atomic mass is 10.1. The van der Waals surface area contributed by atoms with Crippen molar-refractivity contribution in [2.45, 2.75) is 13.8 Å². The Balaban J connectivity index is 0.00000144. The lowest BCUT2D eigenvalue weighted by molar-refractivity contribution is 0.0735. The fourth-order valence-corrected chi connectivity index (χ4v) is 1.92. The number of nitrogens with one attached hydrogen (secondary N) is 1. The normalized spacial score (nSPS) is 15.3. The largest absolute Gasteiger partial charge is 0.336 e. The molecule has 94 valence electrons. The van der Waals surface area contributed by atoms with Gasteiger partial charge in [0.1, 0.15) is 0 Å². The summed E-state index contributed by atoms with van der Waals surface area (Å²) in [6.45, 7) is 7.53. The van der Waals surface area contributed by atoms with Crippen molar-refractivity contribution in [1.82, 2.24) is 10.2 Å². The van der Waals surface area contributed by atoms with Crippen molar-refractivity contribution < 1.29 is 4.79 Å². The van der Waals surface area contributed by atoms with Crippen molar-refractivity contribution >= 4 is 18.3 Å². The van der Waals surface area contributed by atoms with Crippen LogP contribution in [0.3, 0.4) is 0 Å². The highest BCUT2D eigenvalue weighted by molar-refractivity contribution is 5.94. The van der Waals surface area contributed by atoms with Crippen LogP contribution in [0.15, 0.2) is 18.2 Å². The summed E-state index contributed by atoms with van der Waals surface area (Å²) in [5.74, 6) is 0.157. The third-order valence-corrected chi connectivity index (χ3v) is 3.16. The van der Waals surface area contributed by atoms with Crippen molar-refractivity contribution in [3.8, 4) is 0 Å². The summed E-state index contributed by atoms with van der Waals surface area (Å²) < 4.78 is 0. The molecular weight excluding hydrogens is 236 g/mol. The van der Waals surface area contributed by atoms with Gasteiger partial charge in [-0.2, -0.15) is 0 Å². The molecule has 0 unspecified atom stereocenters. The lowest BCUT2D eigenvalue weighted by Crippen LogP contribution is -2.46. The fourth-order valence-electron chi connectivity index (χ4n) is 1.92. The number of carbonyl (C=O) groups is 1. The Morgan fingerprint density at radius 3 is 2.41 bits per heavy atom. The molecule has 17 heavy (non-hydrogen) atoms. The van der Waals surface area contributed by atoms with E-state index in [1.807, 2.05) is 30.0 Å². The zero-order chi connectivity index (χ0) is 11.5. The summed E-state index contributed by atoms with van der Waals surface area (Å²) >= 11 is 0. The maximum atomic E-state index is 12.2. The molecule has 0 saturated carbocycles. The molecule has 1 saturated heterocycles. The number of hydrogen-bond acceptors (Lipinski definition) is 2. The van der Waals surface area contributed by atoms with Gasteiger partial charge in [0.25, 0.3) is 5.91 Å². The molecule has 1 N–H and O–H groups in total. The van der Waals surface area contributed by atoms with Gasteiger partial charge in [-0.25, -0.2) is 0 Å². The molecule has 2 rings (SSSR count). The van der Waals surface area contributed by atoms with Crippen LogP contribution in [0.4, 0.5) is 0 Å². The molecule has 4 heteroatoms. The second-order valence-electron chi connectivity index (χ2n) is 4.34. The number of carbonyl (C=O) groups excluding carboxylic acids is 1. The van der Waals surface area contributed by atoms with Gasteiger partial charge in [0, 0.05) is 31.7 Å². The number of hydrogen-bond donors (Lipinski definition) is 1. The van der Waals surface area contributed by atoms with Crippen LogP contribution in [-0.2, 0) is 0 Å². The van der Waals surface area contributed by atoms with Crippen LogP contribution in [0.2, 0.25) is 0 Å². The van der Waals surface area contributed by atoms with Gasteiger partial charge < -0.3 is 10.2 Å². The standard InChI is InChI=1S/C13H18N2O.ClH/c1-10-3-4-12(9-11(10)2)13(16)15-7-5-14-6-8-15;/h3-4,9,14H,5-8H2,1-2H3;1H. The van der Waals surface area contributed by atoms with Crippen molar-refractivity contribution in [1.29, 1.82) is 0 Å². The number of aryl methyl sites for hydroxylation is 2. The van der Waals surface area contributed by atoms with Crippen LogP contribution in [-0.4, -0.2) is 37.0 Å². The van der Waals surface area contributed by atoms with E-state index in [4.69, 9.17) is 0 Å². The molecule has 3 nitrogen and oxygen atoms in total. The Labute approximate surface area is 109 Å². The van der Waals surface area contributed by atoms with E-state index in [0.717, 1.165) is 31.7 Å². The molecule has 1 aliphatic heterocycles. The molecular formula is C13H19ClN2O. The van der Waals surface area contributed by atoms with E-state index in [9.17, 15) is 4.79 Å². The predicted octanol–water partition coefficient (Wildman–Crippen LogP) is 1.77. The minimum Gasteiger partial charge on any atom is -0.336 e. The second kappa shape index (κ2) is 6.03. The van der Waals surface area contributed by atoms with Crippen molar-refractivity contribution in [2.24, 2.45) is 0 Å². The number of piperazine rings is 1. The highest BCUT2D eigenvalue weighted by Gasteiger charge is 2.17. The van der Waals surface area contributed by atoms with E-state index in [0.29, 0.717) is 0 Å². The number of halogens is 1. The number of amides is 1. The lowest BCUT2D eigenvalue weighted by Gasteiger charge is -2.27. The second-order valence-corrected chi connectivity index (χ2v) is 4.34. The zero-order valence-corrected chi connectivity index (χ0v) is 11.1. The summed E-state index contributed by atoms with van der Waals surface area (Å²) in [7, 11) is 0. The Hall–Kier alpha value is -1.06. The van der Waals surface area contributed by atoms with Gasteiger partial charge in [-0.15, -0.1) is 12.4 Å². The van der Waals surface area contributed by atoms with E-state index in [1.165, 1.54) is 11.1 Å². The molecule has 1 aromatic rings. The van der Waals surface area contributed by atoms with Crippen LogP contribution in [0.5, 0.6) is 0 Å². The van der Waals surface area contributed by atoms with E-state index in [2.05, 4.69) is 12.2 Å². The predicted molar refractivity (Wildman–Crippen MR) is 71.9 cm³/mol. The maximum absolute atomic E-state index is 12.2. The van der Waals surface area contributed by atoms with Gasteiger partial charge in [-0.05, 0) is 37.1 Å². The number of benzene rings is 1. The molecule has 0 spiro atoms. The number of rotatable bonds is 1. The van der Waals surface area contributed by atoms with Gasteiger partial charge in [0.15, 0.2) is 0 Å². The summed E-state index contributed by atoms with van der Waals surface area (Å²) in [5.41, 5.74) is 3.22. The first-order valence-corrected chi connectivity index (χ1v) is 5.76. The first-order valence-electron chi connectivity index (χ1n) is 5.76. The molecule has 0 aliphatic carbocycles. The van der Waals surface area contributed by atoms with Gasteiger partial charge in [0.2, 0.25) is 0 Å². The van der Waals surface area contributed by atoms with Gasteiger partial charge in [0.05, 0.1) is 0 Å². The fraction of sp³-hybridized carbons (Fsp3) is 0.462. The van der Waals surface area contributed by atoms with Gasteiger partial charge in [-0.3, -0.25) is 4.79 Å². The summed E-state index contributed by atoms with van der Waals surface area (Å²) in [6.07, 6.45) is 0. The Morgan fingerprint density at radius 1 is 1.18 bits per heavy atom. The zero-order valence-electron chi connectivity index (χ0n) is 10.3. The Bertz CT molecular complexity index is 400.